The number of hydrogen-bond acceptors (Lipinski definition) is 5. The number of likely N-dealkylation sites (tertiary alicyclic amines) is 1. The maximum Gasteiger partial charge on any atom is 0.297 e. The Hall–Kier alpha value is -1.82. The monoisotopic (exact) mass is 348 g/mol. The van der Waals surface area contributed by atoms with Gasteiger partial charge >= 0.3 is 0 Å². The summed E-state index contributed by atoms with van der Waals surface area (Å²) in [6, 6.07) is 2.50. The number of pyridine rings is 1. The molecule has 3 heterocycles. The van der Waals surface area contributed by atoms with Gasteiger partial charge in [-0.3, -0.25) is 4.79 Å². The Bertz CT molecular complexity index is 762. The molecule has 1 aliphatic heterocycles. The highest BCUT2D eigenvalue weighted by atomic mass is 35.5. The van der Waals surface area contributed by atoms with Crippen LogP contribution in [0.1, 0.15) is 32.6 Å². The number of anilines is 1. The standard InChI is InChI=1S/C17H21ClN4O2/c1-2-15(23)22-8-10-4-3-5-13(12(10)9-22)20-17-21-16-14(24-17)6-11(18)7-19-16/h6-7,10,12-13H,2-5,8-9H2,1H3,(H,19,20,21). The van der Waals surface area contributed by atoms with E-state index in [1.807, 2.05) is 11.8 Å². The number of nitrogens with one attached hydrogen (secondary N) is 1. The molecule has 6 nitrogen and oxygen atoms in total. The van der Waals surface area contributed by atoms with Gasteiger partial charge in [0.15, 0.2) is 5.58 Å². The average Bonchev–Trinajstić information content (AvgIpc) is 3.17. The Morgan fingerprint density at radius 1 is 1.46 bits per heavy atom. The summed E-state index contributed by atoms with van der Waals surface area (Å²) in [5.74, 6) is 1.29. The van der Waals surface area contributed by atoms with Crippen molar-refractivity contribution >= 4 is 34.8 Å². The van der Waals surface area contributed by atoms with E-state index in [1.54, 1.807) is 12.3 Å². The minimum Gasteiger partial charge on any atom is -0.422 e. The third kappa shape index (κ3) is 2.83. The van der Waals surface area contributed by atoms with Crippen LogP contribution in [-0.4, -0.2) is 39.9 Å². The van der Waals surface area contributed by atoms with Crippen LogP contribution in [0.3, 0.4) is 0 Å². The third-order valence-electron chi connectivity index (χ3n) is 5.28. The van der Waals surface area contributed by atoms with Crippen LogP contribution in [-0.2, 0) is 4.79 Å². The molecule has 128 valence electrons. The van der Waals surface area contributed by atoms with Crippen molar-refractivity contribution in [3.8, 4) is 0 Å². The number of halogens is 1. The van der Waals surface area contributed by atoms with Gasteiger partial charge in [-0.15, -0.1) is 0 Å². The van der Waals surface area contributed by atoms with E-state index in [4.69, 9.17) is 16.0 Å². The summed E-state index contributed by atoms with van der Waals surface area (Å²) in [6.45, 7) is 3.65. The van der Waals surface area contributed by atoms with Gasteiger partial charge in [-0.25, -0.2) is 4.98 Å². The molecule has 0 radical (unpaired) electrons. The van der Waals surface area contributed by atoms with E-state index in [0.717, 1.165) is 25.9 Å². The first-order valence-electron chi connectivity index (χ1n) is 8.60. The van der Waals surface area contributed by atoms with Crippen molar-refractivity contribution in [2.45, 2.75) is 38.6 Å². The molecule has 1 saturated carbocycles. The lowest BCUT2D eigenvalue weighted by Gasteiger charge is -2.32. The largest absolute Gasteiger partial charge is 0.422 e. The van der Waals surface area contributed by atoms with Gasteiger partial charge < -0.3 is 14.6 Å². The van der Waals surface area contributed by atoms with Gasteiger partial charge in [-0.1, -0.05) is 24.9 Å². The molecular formula is C17H21ClN4O2. The highest BCUT2D eigenvalue weighted by molar-refractivity contribution is 6.30. The van der Waals surface area contributed by atoms with Crippen LogP contribution in [0.4, 0.5) is 6.01 Å². The molecule has 1 saturated heterocycles. The number of carbonyl (C=O) groups is 1. The minimum absolute atomic E-state index is 0.254. The fraction of sp³-hybridized carbons (Fsp3) is 0.588. The Kier molecular flexibility index (Phi) is 4.08. The number of hydrogen-bond donors (Lipinski definition) is 1. The van der Waals surface area contributed by atoms with Crippen molar-refractivity contribution in [2.75, 3.05) is 18.4 Å². The molecule has 4 rings (SSSR count). The van der Waals surface area contributed by atoms with Crippen molar-refractivity contribution < 1.29 is 9.21 Å². The summed E-state index contributed by atoms with van der Waals surface area (Å²) in [6.07, 6.45) is 5.58. The first-order valence-corrected chi connectivity index (χ1v) is 8.98. The third-order valence-corrected chi connectivity index (χ3v) is 5.48. The molecule has 3 atom stereocenters. The quantitative estimate of drug-likeness (QED) is 0.921. The zero-order chi connectivity index (χ0) is 16.7. The predicted molar refractivity (Wildman–Crippen MR) is 91.9 cm³/mol. The predicted octanol–water partition coefficient (Wildman–Crippen LogP) is 3.33. The van der Waals surface area contributed by atoms with E-state index in [2.05, 4.69) is 15.3 Å². The number of oxazole rings is 1. The minimum atomic E-state index is 0.254. The van der Waals surface area contributed by atoms with Crippen LogP contribution in [0.5, 0.6) is 0 Å². The summed E-state index contributed by atoms with van der Waals surface area (Å²) >= 11 is 5.94. The first-order chi connectivity index (χ1) is 11.6. The normalized spacial score (nSPS) is 26.6. The second kappa shape index (κ2) is 6.24. The van der Waals surface area contributed by atoms with Crippen molar-refractivity contribution in [2.24, 2.45) is 11.8 Å². The Morgan fingerprint density at radius 3 is 3.17 bits per heavy atom. The Labute approximate surface area is 145 Å². The summed E-state index contributed by atoms with van der Waals surface area (Å²) in [5, 5.41) is 3.97. The number of amides is 1. The van der Waals surface area contributed by atoms with Gasteiger partial charge in [0.2, 0.25) is 11.6 Å². The van der Waals surface area contributed by atoms with Crippen LogP contribution in [0.15, 0.2) is 16.7 Å². The molecule has 3 unspecified atom stereocenters. The summed E-state index contributed by atoms with van der Waals surface area (Å²) in [5.41, 5.74) is 1.15. The summed E-state index contributed by atoms with van der Waals surface area (Å²) < 4.78 is 5.75. The van der Waals surface area contributed by atoms with Crippen LogP contribution >= 0.6 is 11.6 Å². The molecule has 1 aliphatic carbocycles. The van der Waals surface area contributed by atoms with Gasteiger partial charge in [-0.2, -0.15) is 4.98 Å². The highest BCUT2D eigenvalue weighted by Crippen LogP contribution is 2.38. The molecule has 0 bridgehead atoms. The van der Waals surface area contributed by atoms with Crippen molar-refractivity contribution in [1.29, 1.82) is 0 Å². The summed E-state index contributed by atoms with van der Waals surface area (Å²) in [4.78, 5) is 22.6. The van der Waals surface area contributed by atoms with Crippen molar-refractivity contribution in [3.05, 3.63) is 17.3 Å². The van der Waals surface area contributed by atoms with Crippen molar-refractivity contribution in [1.82, 2.24) is 14.9 Å². The first kappa shape index (κ1) is 15.7. The molecule has 1 N–H and O–H groups in total. The Morgan fingerprint density at radius 2 is 2.33 bits per heavy atom. The number of rotatable bonds is 3. The van der Waals surface area contributed by atoms with Crippen LogP contribution in [0.25, 0.3) is 11.2 Å². The van der Waals surface area contributed by atoms with E-state index < -0.39 is 0 Å². The van der Waals surface area contributed by atoms with Crippen LogP contribution in [0, 0.1) is 11.8 Å². The van der Waals surface area contributed by atoms with Gasteiger partial charge in [0.1, 0.15) is 0 Å². The van der Waals surface area contributed by atoms with Gasteiger partial charge in [0.25, 0.3) is 6.01 Å². The molecule has 7 heteroatoms. The average molecular weight is 349 g/mol. The number of nitrogens with zero attached hydrogens (tertiary/aromatic N) is 3. The van der Waals surface area contributed by atoms with E-state index in [9.17, 15) is 4.79 Å². The number of fused-ring (bicyclic) bond motifs is 2. The highest BCUT2D eigenvalue weighted by Gasteiger charge is 2.41. The van der Waals surface area contributed by atoms with Gasteiger partial charge in [0, 0.05) is 43.7 Å². The maximum absolute atomic E-state index is 12.0. The molecule has 1 amide bonds. The molecule has 2 fully saturated rings. The van der Waals surface area contributed by atoms with Gasteiger partial charge in [-0.05, 0) is 18.8 Å². The zero-order valence-corrected chi connectivity index (χ0v) is 14.4. The fourth-order valence-electron chi connectivity index (χ4n) is 4.09. The van der Waals surface area contributed by atoms with E-state index in [1.165, 1.54) is 6.42 Å². The second-order valence-electron chi connectivity index (χ2n) is 6.75. The second-order valence-corrected chi connectivity index (χ2v) is 7.19. The number of carbonyl (C=O) groups excluding carboxylic acids is 1. The Balaban J connectivity index is 1.51. The fourth-order valence-corrected chi connectivity index (χ4v) is 4.24. The van der Waals surface area contributed by atoms with Crippen LogP contribution < -0.4 is 5.32 Å². The SMILES string of the molecule is CCC(=O)N1CC2CCCC(Nc3nc4ncc(Cl)cc4o3)C2C1. The lowest BCUT2D eigenvalue weighted by Crippen LogP contribution is -2.37. The summed E-state index contributed by atoms with van der Waals surface area (Å²) in [7, 11) is 0. The van der Waals surface area contributed by atoms with E-state index >= 15 is 0 Å². The zero-order valence-electron chi connectivity index (χ0n) is 13.7. The van der Waals surface area contributed by atoms with Crippen molar-refractivity contribution in [3.63, 3.8) is 0 Å². The molecule has 0 aromatic carbocycles. The molecule has 2 aromatic heterocycles. The number of aromatic nitrogens is 2. The molecule has 0 spiro atoms. The molecular weight excluding hydrogens is 328 g/mol. The molecule has 2 aromatic rings. The lowest BCUT2D eigenvalue weighted by atomic mass is 9.78. The molecule has 24 heavy (non-hydrogen) atoms. The van der Waals surface area contributed by atoms with E-state index in [0.29, 0.717) is 40.5 Å². The van der Waals surface area contributed by atoms with E-state index in [-0.39, 0.29) is 11.9 Å². The van der Waals surface area contributed by atoms with Gasteiger partial charge in [0.05, 0.1) is 5.02 Å². The molecule has 2 aliphatic rings. The maximum atomic E-state index is 12.0. The lowest BCUT2D eigenvalue weighted by molar-refractivity contribution is -0.130. The topological polar surface area (TPSA) is 71.3 Å². The van der Waals surface area contributed by atoms with Crippen LogP contribution in [0.2, 0.25) is 5.02 Å². The smallest absolute Gasteiger partial charge is 0.297 e.